The van der Waals surface area contributed by atoms with Crippen molar-refractivity contribution in [3.63, 3.8) is 0 Å². The molecule has 0 fully saturated rings. The molecule has 3 nitrogen and oxygen atoms in total. The minimum Gasteiger partial charge on any atom is -0.478 e. The van der Waals surface area contributed by atoms with Crippen molar-refractivity contribution >= 4 is 28.9 Å². The fraction of sp³-hybridized carbons (Fsp3) is 0. The minimum absolute atomic E-state index is 0.0835. The maximum absolute atomic E-state index is 13.2. The van der Waals surface area contributed by atoms with Gasteiger partial charge < -0.3 is 10.4 Å². The molecule has 0 saturated heterocycles. The van der Waals surface area contributed by atoms with Crippen LogP contribution >= 0.6 is 11.6 Å². The highest BCUT2D eigenvalue weighted by Gasteiger charge is 2.08. The van der Waals surface area contributed by atoms with Gasteiger partial charge in [0.15, 0.2) is 0 Å². The lowest BCUT2D eigenvalue weighted by Gasteiger charge is -2.08. The maximum Gasteiger partial charge on any atom is 0.335 e. The molecule has 0 radical (unpaired) electrons. The Labute approximate surface area is 112 Å². The highest BCUT2D eigenvalue weighted by molar-refractivity contribution is 6.31. The lowest BCUT2D eigenvalue weighted by atomic mass is 10.2. The Balaban J connectivity index is 2.32. The molecule has 0 spiro atoms. The average Bonchev–Trinajstić information content (AvgIpc) is 2.33. The molecule has 0 aliphatic rings. The molecule has 19 heavy (non-hydrogen) atoms. The lowest BCUT2D eigenvalue weighted by molar-refractivity contribution is 0.0696. The van der Waals surface area contributed by atoms with Gasteiger partial charge in [0.2, 0.25) is 0 Å². The molecule has 2 rings (SSSR count). The molecule has 2 aromatic rings. The Morgan fingerprint density at radius 2 is 1.84 bits per heavy atom. The van der Waals surface area contributed by atoms with Crippen LogP contribution in [0.5, 0.6) is 0 Å². The van der Waals surface area contributed by atoms with Crippen LogP contribution in [0, 0.1) is 11.6 Å². The summed E-state index contributed by atoms with van der Waals surface area (Å²) in [7, 11) is 0. The van der Waals surface area contributed by atoms with Crippen LogP contribution < -0.4 is 5.32 Å². The van der Waals surface area contributed by atoms with Gasteiger partial charge in [0.05, 0.1) is 10.6 Å². The largest absolute Gasteiger partial charge is 0.478 e. The van der Waals surface area contributed by atoms with Crippen molar-refractivity contribution in [3.05, 3.63) is 58.6 Å². The molecule has 0 saturated carbocycles. The monoisotopic (exact) mass is 283 g/mol. The van der Waals surface area contributed by atoms with Gasteiger partial charge in [0, 0.05) is 11.4 Å². The second-order valence-corrected chi connectivity index (χ2v) is 4.19. The predicted octanol–water partition coefficient (Wildman–Crippen LogP) is 4.06. The number of halogens is 3. The summed E-state index contributed by atoms with van der Waals surface area (Å²) in [5.41, 5.74) is 0.476. The maximum atomic E-state index is 13.2. The van der Waals surface area contributed by atoms with Gasteiger partial charge in [0.25, 0.3) is 0 Å². The van der Waals surface area contributed by atoms with E-state index in [0.717, 1.165) is 18.2 Å². The van der Waals surface area contributed by atoms with Crippen LogP contribution in [0.3, 0.4) is 0 Å². The molecule has 0 heterocycles. The Kier molecular flexibility index (Phi) is 3.66. The van der Waals surface area contributed by atoms with E-state index < -0.39 is 17.6 Å². The number of hydrogen-bond donors (Lipinski definition) is 2. The van der Waals surface area contributed by atoms with Gasteiger partial charge in [-0.15, -0.1) is 0 Å². The van der Waals surface area contributed by atoms with Gasteiger partial charge in [0.1, 0.15) is 11.6 Å². The quantitative estimate of drug-likeness (QED) is 0.893. The lowest BCUT2D eigenvalue weighted by Crippen LogP contribution is -1.99. The molecule has 0 bridgehead atoms. The fourth-order valence-electron chi connectivity index (χ4n) is 1.53. The van der Waals surface area contributed by atoms with E-state index in [1.165, 1.54) is 18.2 Å². The topological polar surface area (TPSA) is 49.3 Å². The first-order valence-electron chi connectivity index (χ1n) is 5.21. The molecule has 0 unspecified atom stereocenters. The SMILES string of the molecule is O=C(O)c1cc(F)cc(Nc2ccc(F)c(Cl)c2)c1. The summed E-state index contributed by atoms with van der Waals surface area (Å²) in [5, 5.41) is 11.5. The predicted molar refractivity (Wildman–Crippen MR) is 68.1 cm³/mol. The standard InChI is InChI=1S/C13H8ClF2NO2/c14-11-6-9(1-2-12(11)16)17-10-4-7(13(18)19)3-8(15)5-10/h1-6,17H,(H,18,19). The van der Waals surface area contributed by atoms with Crippen LogP contribution in [-0.4, -0.2) is 11.1 Å². The number of hydrogen-bond acceptors (Lipinski definition) is 2. The zero-order chi connectivity index (χ0) is 14.0. The molecule has 0 atom stereocenters. The molecule has 6 heteroatoms. The number of nitrogens with one attached hydrogen (secondary N) is 1. The number of anilines is 2. The van der Waals surface area contributed by atoms with Gasteiger partial charge in [-0.3, -0.25) is 0 Å². The number of benzene rings is 2. The van der Waals surface area contributed by atoms with E-state index in [1.807, 2.05) is 0 Å². The van der Waals surface area contributed by atoms with Crippen molar-refractivity contribution in [1.82, 2.24) is 0 Å². The first-order valence-corrected chi connectivity index (χ1v) is 5.59. The molecule has 2 aromatic carbocycles. The van der Waals surface area contributed by atoms with E-state index in [-0.39, 0.29) is 16.3 Å². The molecule has 2 N–H and O–H groups in total. The first-order chi connectivity index (χ1) is 8.95. The fourth-order valence-corrected chi connectivity index (χ4v) is 1.71. The van der Waals surface area contributed by atoms with Crippen molar-refractivity contribution in [2.75, 3.05) is 5.32 Å². The van der Waals surface area contributed by atoms with Crippen LogP contribution in [0.15, 0.2) is 36.4 Å². The summed E-state index contributed by atoms with van der Waals surface area (Å²) < 4.78 is 26.2. The second-order valence-electron chi connectivity index (χ2n) is 3.79. The van der Waals surface area contributed by atoms with Gasteiger partial charge in [-0.2, -0.15) is 0 Å². The number of aromatic carboxylic acids is 1. The van der Waals surface area contributed by atoms with Gasteiger partial charge in [-0.25, -0.2) is 13.6 Å². The van der Waals surface area contributed by atoms with Crippen molar-refractivity contribution in [3.8, 4) is 0 Å². The molecular formula is C13H8ClF2NO2. The third-order valence-corrected chi connectivity index (χ3v) is 2.64. The van der Waals surface area contributed by atoms with E-state index in [2.05, 4.69) is 5.32 Å². The van der Waals surface area contributed by atoms with E-state index in [1.54, 1.807) is 0 Å². The first kappa shape index (κ1) is 13.3. The van der Waals surface area contributed by atoms with Crippen molar-refractivity contribution < 1.29 is 18.7 Å². The smallest absolute Gasteiger partial charge is 0.335 e. The van der Waals surface area contributed by atoms with Crippen LogP contribution in [-0.2, 0) is 0 Å². The van der Waals surface area contributed by atoms with Gasteiger partial charge in [-0.1, -0.05) is 11.6 Å². The summed E-state index contributed by atoms with van der Waals surface area (Å²) >= 11 is 5.61. The van der Waals surface area contributed by atoms with Crippen molar-refractivity contribution in [2.45, 2.75) is 0 Å². The second kappa shape index (κ2) is 5.24. The highest BCUT2D eigenvalue weighted by Crippen LogP contribution is 2.24. The van der Waals surface area contributed by atoms with E-state index in [4.69, 9.17) is 16.7 Å². The Bertz CT molecular complexity index is 647. The minimum atomic E-state index is -1.24. The zero-order valence-electron chi connectivity index (χ0n) is 9.45. The van der Waals surface area contributed by atoms with E-state index >= 15 is 0 Å². The Hall–Kier alpha value is -2.14. The van der Waals surface area contributed by atoms with Gasteiger partial charge in [-0.05, 0) is 36.4 Å². The van der Waals surface area contributed by atoms with Crippen LogP contribution in [0.1, 0.15) is 10.4 Å². The third kappa shape index (κ3) is 3.20. The highest BCUT2D eigenvalue weighted by atomic mass is 35.5. The molecule has 0 aromatic heterocycles. The van der Waals surface area contributed by atoms with Crippen LogP contribution in [0.25, 0.3) is 0 Å². The molecule has 0 aliphatic carbocycles. The molecule has 0 aliphatic heterocycles. The number of carboxylic acids is 1. The molecular weight excluding hydrogens is 276 g/mol. The van der Waals surface area contributed by atoms with E-state index in [9.17, 15) is 13.6 Å². The number of rotatable bonds is 3. The summed E-state index contributed by atoms with van der Waals surface area (Å²) in [5.74, 6) is -2.49. The van der Waals surface area contributed by atoms with E-state index in [0.29, 0.717) is 5.69 Å². The molecule has 98 valence electrons. The third-order valence-electron chi connectivity index (χ3n) is 2.35. The Morgan fingerprint density at radius 1 is 1.11 bits per heavy atom. The zero-order valence-corrected chi connectivity index (χ0v) is 10.2. The summed E-state index contributed by atoms with van der Waals surface area (Å²) in [6.07, 6.45) is 0. The summed E-state index contributed by atoms with van der Waals surface area (Å²) in [4.78, 5) is 10.8. The summed E-state index contributed by atoms with van der Waals surface area (Å²) in [6.45, 7) is 0. The van der Waals surface area contributed by atoms with Crippen molar-refractivity contribution in [1.29, 1.82) is 0 Å². The van der Waals surface area contributed by atoms with Crippen LogP contribution in [0.2, 0.25) is 5.02 Å². The average molecular weight is 284 g/mol. The normalized spacial score (nSPS) is 10.3. The van der Waals surface area contributed by atoms with Gasteiger partial charge >= 0.3 is 5.97 Å². The number of carbonyl (C=O) groups is 1. The van der Waals surface area contributed by atoms with Crippen molar-refractivity contribution in [2.24, 2.45) is 0 Å². The Morgan fingerprint density at radius 3 is 2.47 bits per heavy atom. The van der Waals surface area contributed by atoms with Crippen LogP contribution in [0.4, 0.5) is 20.2 Å². The summed E-state index contributed by atoms with van der Waals surface area (Å²) in [6, 6.07) is 7.19. The number of carboxylic acid groups (broad SMARTS) is 1. The molecule has 0 amide bonds.